The summed E-state index contributed by atoms with van der Waals surface area (Å²) >= 11 is 5.54. The minimum atomic E-state index is -4.57. The molecule has 146 valence electrons. The van der Waals surface area contributed by atoms with E-state index in [0.717, 1.165) is 19.1 Å². The molecule has 0 aromatic heterocycles. The number of anilines is 1. The molecule has 0 radical (unpaired) electrons. The standard InChI is InChI=1S/C18H16ClF4NO3/c1-10-3-4-11(7-13(10)18(21,22)23)24-16(25)17(2,26)9-27-12-5-6-14(19)15(20)8-12/h3-8,26H,9H2,1-2H3,(H,24,25)/t17-/m1/s1. The van der Waals surface area contributed by atoms with Crippen molar-refractivity contribution in [1.29, 1.82) is 0 Å². The largest absolute Gasteiger partial charge is 0.490 e. The fourth-order valence-electron chi connectivity index (χ4n) is 2.13. The molecule has 0 fully saturated rings. The van der Waals surface area contributed by atoms with Gasteiger partial charge in [-0.15, -0.1) is 0 Å². The average Bonchev–Trinajstić information content (AvgIpc) is 2.56. The van der Waals surface area contributed by atoms with Gasteiger partial charge in [-0.25, -0.2) is 4.39 Å². The van der Waals surface area contributed by atoms with Crippen molar-refractivity contribution in [2.75, 3.05) is 11.9 Å². The van der Waals surface area contributed by atoms with Crippen LogP contribution < -0.4 is 10.1 Å². The molecule has 0 bridgehead atoms. The number of aliphatic hydroxyl groups is 1. The van der Waals surface area contributed by atoms with E-state index < -0.39 is 35.7 Å². The van der Waals surface area contributed by atoms with Crippen molar-refractivity contribution in [3.63, 3.8) is 0 Å². The van der Waals surface area contributed by atoms with Crippen molar-refractivity contribution in [2.24, 2.45) is 0 Å². The molecule has 0 aliphatic heterocycles. The van der Waals surface area contributed by atoms with Crippen molar-refractivity contribution >= 4 is 23.2 Å². The van der Waals surface area contributed by atoms with Crippen molar-refractivity contribution in [3.05, 3.63) is 58.4 Å². The summed E-state index contributed by atoms with van der Waals surface area (Å²) in [4.78, 5) is 12.2. The molecule has 2 aromatic rings. The fraction of sp³-hybridized carbons (Fsp3) is 0.278. The van der Waals surface area contributed by atoms with Crippen LogP contribution in [0.3, 0.4) is 0 Å². The van der Waals surface area contributed by atoms with E-state index in [2.05, 4.69) is 5.32 Å². The molecule has 0 spiro atoms. The van der Waals surface area contributed by atoms with Gasteiger partial charge in [-0.05, 0) is 43.7 Å². The van der Waals surface area contributed by atoms with E-state index in [1.54, 1.807) is 0 Å². The van der Waals surface area contributed by atoms with Crippen LogP contribution >= 0.6 is 11.6 Å². The van der Waals surface area contributed by atoms with Gasteiger partial charge in [-0.3, -0.25) is 4.79 Å². The Morgan fingerprint density at radius 3 is 2.48 bits per heavy atom. The first-order valence-electron chi connectivity index (χ1n) is 7.70. The lowest BCUT2D eigenvalue weighted by molar-refractivity contribution is -0.138. The highest BCUT2D eigenvalue weighted by molar-refractivity contribution is 6.30. The average molecular weight is 406 g/mol. The quantitative estimate of drug-likeness (QED) is 0.716. The Labute approximate surface area is 157 Å². The van der Waals surface area contributed by atoms with Crippen LogP contribution in [0.4, 0.5) is 23.2 Å². The molecule has 0 saturated heterocycles. The lowest BCUT2D eigenvalue weighted by Crippen LogP contribution is -2.45. The van der Waals surface area contributed by atoms with Crippen LogP contribution in [0.1, 0.15) is 18.1 Å². The Morgan fingerprint density at radius 2 is 1.89 bits per heavy atom. The number of hydrogen-bond acceptors (Lipinski definition) is 3. The van der Waals surface area contributed by atoms with Crippen LogP contribution in [0.25, 0.3) is 0 Å². The second kappa shape index (κ2) is 7.74. The number of alkyl halides is 3. The summed E-state index contributed by atoms with van der Waals surface area (Å²) in [5.74, 6) is -1.69. The van der Waals surface area contributed by atoms with E-state index in [0.29, 0.717) is 0 Å². The third-order valence-electron chi connectivity index (χ3n) is 3.70. The maximum Gasteiger partial charge on any atom is 0.416 e. The van der Waals surface area contributed by atoms with Crippen LogP contribution in [-0.2, 0) is 11.0 Å². The van der Waals surface area contributed by atoms with Crippen LogP contribution in [0.15, 0.2) is 36.4 Å². The van der Waals surface area contributed by atoms with Crippen molar-refractivity contribution in [1.82, 2.24) is 0 Å². The summed E-state index contributed by atoms with van der Waals surface area (Å²) in [6.45, 7) is 1.86. The summed E-state index contributed by atoms with van der Waals surface area (Å²) in [6.07, 6.45) is -4.57. The molecule has 27 heavy (non-hydrogen) atoms. The van der Waals surface area contributed by atoms with Gasteiger partial charge in [-0.2, -0.15) is 13.2 Å². The van der Waals surface area contributed by atoms with Crippen LogP contribution in [-0.4, -0.2) is 23.2 Å². The Kier molecular flexibility index (Phi) is 6.01. The number of aryl methyl sites for hydroxylation is 1. The number of rotatable bonds is 5. The topological polar surface area (TPSA) is 58.6 Å². The number of carbonyl (C=O) groups is 1. The van der Waals surface area contributed by atoms with Gasteiger partial charge >= 0.3 is 6.18 Å². The van der Waals surface area contributed by atoms with E-state index in [-0.39, 0.29) is 22.0 Å². The minimum Gasteiger partial charge on any atom is -0.490 e. The molecule has 2 N–H and O–H groups in total. The van der Waals surface area contributed by atoms with Gasteiger partial charge in [0.2, 0.25) is 0 Å². The number of amides is 1. The third kappa shape index (κ3) is 5.33. The van der Waals surface area contributed by atoms with Crippen molar-refractivity contribution < 1.29 is 32.2 Å². The normalized spacial score (nSPS) is 13.8. The molecule has 2 rings (SSSR count). The molecule has 4 nitrogen and oxygen atoms in total. The molecule has 0 aliphatic rings. The maximum absolute atomic E-state index is 13.4. The zero-order valence-electron chi connectivity index (χ0n) is 14.3. The zero-order valence-corrected chi connectivity index (χ0v) is 15.1. The summed E-state index contributed by atoms with van der Waals surface area (Å²) in [5.41, 5.74) is -3.11. The molecule has 1 atom stereocenters. The smallest absolute Gasteiger partial charge is 0.416 e. The number of benzene rings is 2. The molecular formula is C18H16ClF4NO3. The second-order valence-electron chi connectivity index (χ2n) is 6.12. The highest BCUT2D eigenvalue weighted by atomic mass is 35.5. The number of halogens is 5. The molecule has 0 unspecified atom stereocenters. The minimum absolute atomic E-state index is 0.000331. The van der Waals surface area contributed by atoms with Crippen molar-refractivity contribution in [2.45, 2.75) is 25.6 Å². The second-order valence-corrected chi connectivity index (χ2v) is 6.53. The van der Waals surface area contributed by atoms with Gasteiger partial charge in [0.05, 0.1) is 10.6 Å². The zero-order chi connectivity index (χ0) is 20.4. The number of carbonyl (C=O) groups excluding carboxylic acids is 1. The molecular weight excluding hydrogens is 390 g/mol. The predicted octanol–water partition coefficient (Wildman–Crippen LogP) is 4.57. The van der Waals surface area contributed by atoms with Gasteiger partial charge < -0.3 is 15.2 Å². The number of hydrogen-bond donors (Lipinski definition) is 2. The number of nitrogens with one attached hydrogen (secondary N) is 1. The van der Waals surface area contributed by atoms with E-state index >= 15 is 0 Å². The van der Waals surface area contributed by atoms with Gasteiger partial charge in [-0.1, -0.05) is 17.7 Å². The SMILES string of the molecule is Cc1ccc(NC(=O)[C@](C)(O)COc2ccc(Cl)c(F)c2)cc1C(F)(F)F. The first-order chi connectivity index (χ1) is 12.4. The predicted molar refractivity (Wildman–Crippen MR) is 92.3 cm³/mol. The van der Waals surface area contributed by atoms with Crippen LogP contribution in [0, 0.1) is 12.7 Å². The van der Waals surface area contributed by atoms with Gasteiger partial charge in [0.15, 0.2) is 5.60 Å². The fourth-order valence-corrected chi connectivity index (χ4v) is 2.24. The van der Waals surface area contributed by atoms with Crippen molar-refractivity contribution in [3.8, 4) is 5.75 Å². The van der Waals surface area contributed by atoms with E-state index in [1.165, 1.54) is 31.2 Å². The maximum atomic E-state index is 13.4. The highest BCUT2D eigenvalue weighted by Gasteiger charge is 2.34. The summed E-state index contributed by atoms with van der Waals surface area (Å²) in [6, 6.07) is 6.83. The van der Waals surface area contributed by atoms with E-state index in [9.17, 15) is 27.5 Å². The number of ether oxygens (including phenoxy) is 1. The Balaban J connectivity index is 2.08. The molecule has 0 heterocycles. The third-order valence-corrected chi connectivity index (χ3v) is 4.01. The molecule has 1 amide bonds. The summed E-state index contributed by atoms with van der Waals surface area (Å²) in [7, 11) is 0. The van der Waals surface area contributed by atoms with Gasteiger partial charge in [0, 0.05) is 11.8 Å². The highest BCUT2D eigenvalue weighted by Crippen LogP contribution is 2.33. The van der Waals surface area contributed by atoms with Crippen LogP contribution in [0.5, 0.6) is 5.75 Å². The Bertz CT molecular complexity index is 853. The lowest BCUT2D eigenvalue weighted by atomic mass is 10.1. The lowest BCUT2D eigenvalue weighted by Gasteiger charge is -2.23. The molecule has 0 aliphatic carbocycles. The Hall–Kier alpha value is -2.32. The van der Waals surface area contributed by atoms with Gasteiger partial charge in [0.1, 0.15) is 18.2 Å². The molecule has 0 saturated carbocycles. The van der Waals surface area contributed by atoms with E-state index in [1.807, 2.05) is 0 Å². The van der Waals surface area contributed by atoms with Gasteiger partial charge in [0.25, 0.3) is 5.91 Å². The summed E-state index contributed by atoms with van der Waals surface area (Å²) < 4.78 is 57.4. The monoisotopic (exact) mass is 405 g/mol. The first-order valence-corrected chi connectivity index (χ1v) is 8.07. The van der Waals surface area contributed by atoms with E-state index in [4.69, 9.17) is 16.3 Å². The summed E-state index contributed by atoms with van der Waals surface area (Å²) in [5, 5.41) is 12.3. The molecule has 9 heteroatoms. The first kappa shape index (κ1) is 21.0. The Morgan fingerprint density at radius 1 is 1.22 bits per heavy atom. The van der Waals surface area contributed by atoms with Crippen LogP contribution in [0.2, 0.25) is 5.02 Å². The molecule has 2 aromatic carbocycles.